The van der Waals surface area contributed by atoms with Crippen molar-refractivity contribution in [3.63, 3.8) is 0 Å². The van der Waals surface area contributed by atoms with Crippen molar-refractivity contribution < 1.29 is 14.4 Å². The van der Waals surface area contributed by atoms with E-state index < -0.39 is 0 Å². The molecule has 28 heavy (non-hydrogen) atoms. The lowest BCUT2D eigenvalue weighted by atomic mass is 9.93. The van der Waals surface area contributed by atoms with E-state index in [1.807, 2.05) is 0 Å². The van der Waals surface area contributed by atoms with Gasteiger partial charge in [0.05, 0.1) is 45.3 Å². The number of rotatable bonds is 1. The van der Waals surface area contributed by atoms with Gasteiger partial charge in [0.25, 0.3) is 5.91 Å². The predicted molar refractivity (Wildman–Crippen MR) is 117 cm³/mol. The maximum absolute atomic E-state index is 12.9. The Bertz CT molecular complexity index is 1430. The molecule has 7 heteroatoms. The van der Waals surface area contributed by atoms with Crippen LogP contribution < -0.4 is 23.7 Å². The molecule has 0 radical (unpaired) electrons. The highest BCUT2D eigenvalue weighted by molar-refractivity contribution is 14.1. The number of fused-ring (bicyclic) bond motifs is 10. The molecule has 0 atom stereocenters. The van der Waals surface area contributed by atoms with Crippen LogP contribution in [-0.4, -0.2) is 30.1 Å². The number of nitrogens with one attached hydrogen (secondary N) is 1. The first kappa shape index (κ1) is 16.2. The Hall–Kier alpha value is -2.81. The number of benzene rings is 2. The standard InChI is InChI=1S/C21H14IN3O3/c1-28-25-15-5-3-11(26)8-13(15)17-18-14(9-23-21(18)27)16-12(20(17)25)4-2-10-6-7-24(22)19(10)16/h2-6,9H,7-8H2,1H3,(H,23,27). The fourth-order valence-electron chi connectivity index (χ4n) is 4.69. The Morgan fingerprint density at radius 1 is 1.18 bits per heavy atom. The number of amides is 1. The van der Waals surface area contributed by atoms with Gasteiger partial charge in [0.2, 0.25) is 0 Å². The largest absolute Gasteiger partial charge is 0.416 e. The van der Waals surface area contributed by atoms with E-state index >= 15 is 0 Å². The Kier molecular flexibility index (Phi) is 3.11. The maximum Gasteiger partial charge on any atom is 0.256 e. The maximum atomic E-state index is 12.9. The minimum absolute atomic E-state index is 0.0286. The normalized spacial score (nSPS) is 16.7. The van der Waals surface area contributed by atoms with Crippen molar-refractivity contribution in [3.8, 4) is 0 Å². The summed E-state index contributed by atoms with van der Waals surface area (Å²) in [6, 6.07) is 4.20. The van der Waals surface area contributed by atoms with E-state index in [1.165, 1.54) is 0 Å². The number of hydrogen-bond acceptors (Lipinski definition) is 4. The lowest BCUT2D eigenvalue weighted by Gasteiger charge is -2.15. The third kappa shape index (κ3) is 1.82. The monoisotopic (exact) mass is 483 g/mol. The molecule has 0 fully saturated rings. The van der Waals surface area contributed by atoms with Crippen LogP contribution in [0.3, 0.4) is 0 Å². The van der Waals surface area contributed by atoms with Crippen molar-refractivity contribution in [2.75, 3.05) is 16.8 Å². The fourth-order valence-corrected chi connectivity index (χ4v) is 5.41. The molecule has 1 amide bonds. The first-order chi connectivity index (χ1) is 13.6. The quantitative estimate of drug-likeness (QED) is 0.421. The van der Waals surface area contributed by atoms with E-state index in [0.717, 1.165) is 55.6 Å². The van der Waals surface area contributed by atoms with Gasteiger partial charge >= 0.3 is 0 Å². The topological polar surface area (TPSA) is 63.6 Å². The van der Waals surface area contributed by atoms with Gasteiger partial charge in [-0.25, -0.2) is 0 Å². The van der Waals surface area contributed by atoms with Crippen LogP contribution in [0.25, 0.3) is 40.0 Å². The third-order valence-corrected chi connectivity index (χ3v) is 6.65. The van der Waals surface area contributed by atoms with Gasteiger partial charge in [0.15, 0.2) is 5.78 Å². The van der Waals surface area contributed by atoms with Crippen molar-refractivity contribution >= 4 is 80.3 Å². The zero-order chi connectivity index (χ0) is 19.2. The van der Waals surface area contributed by atoms with E-state index in [4.69, 9.17) is 4.84 Å². The molecule has 3 aromatic rings. The summed E-state index contributed by atoms with van der Waals surface area (Å²) >= 11 is 2.31. The zero-order valence-corrected chi connectivity index (χ0v) is 17.0. The zero-order valence-electron chi connectivity index (χ0n) is 14.9. The van der Waals surface area contributed by atoms with Crippen LogP contribution >= 0.6 is 22.9 Å². The van der Waals surface area contributed by atoms with Crippen LogP contribution in [0.2, 0.25) is 0 Å². The first-order valence-corrected chi connectivity index (χ1v) is 9.92. The van der Waals surface area contributed by atoms with Crippen LogP contribution in [0.5, 0.6) is 0 Å². The van der Waals surface area contributed by atoms with Crippen molar-refractivity contribution in [2.24, 2.45) is 0 Å². The molecule has 3 heterocycles. The molecule has 0 saturated carbocycles. The second-order valence-corrected chi connectivity index (χ2v) is 8.29. The molecule has 1 aliphatic carbocycles. The molecule has 0 spiro atoms. The summed E-state index contributed by atoms with van der Waals surface area (Å²) in [5, 5.41) is 7.77. The highest BCUT2D eigenvalue weighted by Crippen LogP contribution is 2.38. The predicted octanol–water partition coefficient (Wildman–Crippen LogP) is 1.42. The second kappa shape index (κ2) is 5.38. The van der Waals surface area contributed by atoms with Gasteiger partial charge < -0.3 is 13.3 Å². The molecule has 2 aromatic carbocycles. The summed E-state index contributed by atoms with van der Waals surface area (Å²) in [7, 11) is 1.61. The minimum Gasteiger partial charge on any atom is -0.416 e. The summed E-state index contributed by atoms with van der Waals surface area (Å²) in [4.78, 5) is 30.7. The molecule has 3 aliphatic rings. The summed E-state index contributed by atoms with van der Waals surface area (Å²) in [5.74, 6) is -0.111. The van der Waals surface area contributed by atoms with Crippen LogP contribution in [0, 0.1) is 0 Å². The number of anilines is 1. The molecule has 1 aromatic heterocycles. The number of carbonyl (C=O) groups excluding carboxylic acids is 2. The number of halogens is 1. The lowest BCUT2D eigenvalue weighted by Crippen LogP contribution is -2.18. The van der Waals surface area contributed by atoms with E-state index in [9.17, 15) is 9.59 Å². The first-order valence-electron chi connectivity index (χ1n) is 8.96. The Labute approximate surface area is 173 Å². The molecule has 0 saturated heterocycles. The molecule has 138 valence electrons. The van der Waals surface area contributed by atoms with Gasteiger partial charge in [-0.2, -0.15) is 4.73 Å². The number of carbonyl (C=O) groups is 2. The Balaban J connectivity index is 1.95. The molecule has 6 nitrogen and oxygen atoms in total. The highest BCUT2D eigenvalue weighted by atomic mass is 127. The Morgan fingerprint density at radius 2 is 2.04 bits per heavy atom. The minimum atomic E-state index is -0.139. The second-order valence-electron chi connectivity index (χ2n) is 7.12. The van der Waals surface area contributed by atoms with Gasteiger partial charge in [-0.15, -0.1) is 0 Å². The van der Waals surface area contributed by atoms with Gasteiger partial charge in [-0.05, 0) is 22.9 Å². The van der Waals surface area contributed by atoms with Gasteiger partial charge in [-0.1, -0.05) is 18.2 Å². The molecule has 0 unspecified atom stereocenters. The molecular formula is C21H14IN3O3. The number of hydrogen-bond donors (Lipinski definition) is 1. The average molecular weight is 483 g/mol. The molecule has 2 aliphatic heterocycles. The van der Waals surface area contributed by atoms with Crippen LogP contribution in [-0.2, 0) is 11.2 Å². The van der Waals surface area contributed by atoms with Crippen molar-refractivity contribution in [2.45, 2.75) is 6.42 Å². The number of ketones is 1. The number of aromatic nitrogens is 1. The summed E-state index contributed by atoms with van der Waals surface area (Å²) in [5.41, 5.74) is 4.25. The van der Waals surface area contributed by atoms with Gasteiger partial charge in [0, 0.05) is 40.5 Å². The van der Waals surface area contributed by atoms with E-state index in [2.05, 4.69) is 49.5 Å². The highest BCUT2D eigenvalue weighted by Gasteiger charge is 2.31. The third-order valence-electron chi connectivity index (χ3n) is 5.77. The molecular weight excluding hydrogens is 469 g/mol. The SMILES string of the molecule is COn1c2c(c3c4c(c5c6c(ccc5c31)=CCN6I)=CNC4=O)CC(=O)C=C2. The Morgan fingerprint density at radius 3 is 2.86 bits per heavy atom. The van der Waals surface area contributed by atoms with E-state index in [1.54, 1.807) is 30.2 Å². The van der Waals surface area contributed by atoms with Crippen molar-refractivity contribution in [1.82, 2.24) is 10.0 Å². The molecule has 6 rings (SSSR count). The van der Waals surface area contributed by atoms with Crippen molar-refractivity contribution in [1.29, 1.82) is 0 Å². The van der Waals surface area contributed by atoms with Crippen molar-refractivity contribution in [3.05, 3.63) is 45.5 Å². The van der Waals surface area contributed by atoms with Gasteiger partial charge in [-0.3, -0.25) is 9.59 Å². The van der Waals surface area contributed by atoms with E-state index in [0.29, 0.717) is 5.56 Å². The molecule has 1 N–H and O–H groups in total. The average Bonchev–Trinajstić information content (AvgIpc) is 3.35. The van der Waals surface area contributed by atoms with Crippen LogP contribution in [0.1, 0.15) is 21.6 Å². The lowest BCUT2D eigenvalue weighted by molar-refractivity contribution is -0.114. The smallest absolute Gasteiger partial charge is 0.256 e. The summed E-state index contributed by atoms with van der Waals surface area (Å²) in [6.45, 7) is 0.822. The fraction of sp³-hybridized carbons (Fsp3) is 0.143. The van der Waals surface area contributed by atoms with Crippen LogP contribution in [0.4, 0.5) is 5.69 Å². The van der Waals surface area contributed by atoms with Crippen LogP contribution in [0.15, 0.2) is 18.2 Å². The number of allylic oxidation sites excluding steroid dienone is 1. The summed E-state index contributed by atoms with van der Waals surface area (Å²) < 4.78 is 3.92. The molecule has 0 bridgehead atoms. The number of nitrogens with zero attached hydrogens (tertiary/aromatic N) is 2. The van der Waals surface area contributed by atoms with E-state index in [-0.39, 0.29) is 18.1 Å². The van der Waals surface area contributed by atoms with Gasteiger partial charge in [0.1, 0.15) is 7.11 Å². The summed E-state index contributed by atoms with van der Waals surface area (Å²) in [6.07, 6.45) is 7.60.